The lowest BCUT2D eigenvalue weighted by atomic mass is 9.89. The highest BCUT2D eigenvalue weighted by molar-refractivity contribution is 5.65. The molecule has 2 aromatic heterocycles. The molecule has 2 heterocycles. The van der Waals surface area contributed by atoms with E-state index < -0.39 is 0 Å². The predicted molar refractivity (Wildman–Crippen MR) is 140 cm³/mol. The van der Waals surface area contributed by atoms with Crippen LogP contribution in [0.2, 0.25) is 0 Å². The van der Waals surface area contributed by atoms with Crippen LogP contribution in [0.15, 0.2) is 78.9 Å². The molecule has 4 aromatic rings. The van der Waals surface area contributed by atoms with E-state index in [1.165, 1.54) is 27.8 Å². The quantitative estimate of drug-likeness (QED) is 0.293. The molecule has 2 heteroatoms. The van der Waals surface area contributed by atoms with Gasteiger partial charge in [-0.15, -0.1) is 0 Å². The highest BCUT2D eigenvalue weighted by Gasteiger charge is 2.16. The Morgan fingerprint density at radius 2 is 1.30 bits per heavy atom. The Morgan fingerprint density at radius 1 is 0.667 bits per heavy atom. The maximum absolute atomic E-state index is 4.97. The Kier molecular flexibility index (Phi) is 7.03. The van der Waals surface area contributed by atoms with Gasteiger partial charge in [-0.25, -0.2) is 0 Å². The minimum Gasteiger partial charge on any atom is -0.253 e. The van der Waals surface area contributed by atoms with E-state index >= 15 is 0 Å². The maximum atomic E-state index is 4.97. The average Bonchev–Trinajstić information content (AvgIpc) is 2.84. The summed E-state index contributed by atoms with van der Waals surface area (Å²) in [6, 6.07) is 28.3. The first-order chi connectivity index (χ1) is 16.0. The zero-order valence-corrected chi connectivity index (χ0v) is 20.5. The molecule has 0 bridgehead atoms. The number of rotatable bonds is 7. The van der Waals surface area contributed by atoms with E-state index in [9.17, 15) is 0 Å². The van der Waals surface area contributed by atoms with Crippen LogP contribution in [0, 0.1) is 6.92 Å². The van der Waals surface area contributed by atoms with Gasteiger partial charge in [-0.05, 0) is 60.4 Å². The highest BCUT2D eigenvalue weighted by Crippen LogP contribution is 2.32. The molecule has 0 fully saturated rings. The predicted octanol–water partition coefficient (Wildman–Crippen LogP) is 8.15. The van der Waals surface area contributed by atoms with E-state index in [4.69, 9.17) is 9.97 Å². The molecule has 0 spiro atoms. The van der Waals surface area contributed by atoms with Crippen molar-refractivity contribution in [2.45, 2.75) is 59.3 Å². The molecular weight excluding hydrogens is 400 g/mol. The lowest BCUT2D eigenvalue weighted by Crippen LogP contribution is -2.03. The van der Waals surface area contributed by atoms with Crippen molar-refractivity contribution in [3.8, 4) is 22.5 Å². The lowest BCUT2D eigenvalue weighted by molar-refractivity contribution is 0.756. The topological polar surface area (TPSA) is 25.8 Å². The molecule has 4 rings (SSSR count). The monoisotopic (exact) mass is 434 g/mol. The summed E-state index contributed by atoms with van der Waals surface area (Å²) in [6.45, 7) is 11.0. The first-order valence-corrected chi connectivity index (χ1v) is 12.1. The summed E-state index contributed by atoms with van der Waals surface area (Å²) < 4.78 is 0. The normalized spacial score (nSPS) is 12.2. The van der Waals surface area contributed by atoms with Crippen molar-refractivity contribution in [2.75, 3.05) is 0 Å². The van der Waals surface area contributed by atoms with Crippen LogP contribution >= 0.6 is 0 Å². The molecule has 0 saturated heterocycles. The van der Waals surface area contributed by atoms with Gasteiger partial charge in [-0.3, -0.25) is 9.97 Å². The molecule has 0 aliphatic rings. The van der Waals surface area contributed by atoms with Gasteiger partial charge >= 0.3 is 0 Å². The molecule has 0 radical (unpaired) electrons. The van der Waals surface area contributed by atoms with Crippen molar-refractivity contribution in [1.82, 2.24) is 9.97 Å². The number of aromatic nitrogens is 2. The van der Waals surface area contributed by atoms with Crippen LogP contribution in [0.3, 0.4) is 0 Å². The van der Waals surface area contributed by atoms with Crippen molar-refractivity contribution >= 4 is 0 Å². The molecule has 33 heavy (non-hydrogen) atoms. The van der Waals surface area contributed by atoms with Crippen molar-refractivity contribution in [3.63, 3.8) is 0 Å². The third kappa shape index (κ3) is 5.22. The third-order valence-corrected chi connectivity index (χ3v) is 6.38. The van der Waals surface area contributed by atoms with Crippen LogP contribution in [-0.2, 0) is 12.8 Å². The summed E-state index contributed by atoms with van der Waals surface area (Å²) in [5.41, 5.74) is 10.8. The first-order valence-electron chi connectivity index (χ1n) is 12.1. The largest absolute Gasteiger partial charge is 0.253 e. The number of aryl methyl sites for hydroxylation is 2. The van der Waals surface area contributed by atoms with Gasteiger partial charge in [0, 0.05) is 22.5 Å². The van der Waals surface area contributed by atoms with Gasteiger partial charge in [0.2, 0.25) is 0 Å². The molecule has 0 aliphatic carbocycles. The summed E-state index contributed by atoms with van der Waals surface area (Å²) in [5, 5.41) is 0. The summed E-state index contributed by atoms with van der Waals surface area (Å²) in [5.74, 6) is 0.815. The fourth-order valence-corrected chi connectivity index (χ4v) is 4.46. The molecule has 2 aromatic carbocycles. The Bertz CT molecular complexity index is 1210. The van der Waals surface area contributed by atoms with Crippen LogP contribution in [0.5, 0.6) is 0 Å². The SMILES string of the molecule is CCc1ccc(C(C)C)c(-c2ccc(CC(C)c3ccc(C)nc3-c3ccccc3)cc2)n1. The molecular formula is C31H34N2. The van der Waals surface area contributed by atoms with Crippen LogP contribution in [0.25, 0.3) is 22.5 Å². The smallest absolute Gasteiger partial charge is 0.0739 e. The van der Waals surface area contributed by atoms with Crippen LogP contribution in [-0.4, -0.2) is 9.97 Å². The van der Waals surface area contributed by atoms with Gasteiger partial charge in [0.1, 0.15) is 0 Å². The number of hydrogen-bond acceptors (Lipinski definition) is 2. The van der Waals surface area contributed by atoms with Crippen LogP contribution in [0.1, 0.15) is 67.6 Å². The lowest BCUT2D eigenvalue weighted by Gasteiger charge is -2.18. The highest BCUT2D eigenvalue weighted by atomic mass is 14.7. The second-order valence-corrected chi connectivity index (χ2v) is 9.31. The molecule has 1 unspecified atom stereocenters. The number of nitrogens with zero attached hydrogens (tertiary/aromatic N) is 2. The Hall–Kier alpha value is -3.26. The Morgan fingerprint density at radius 3 is 1.97 bits per heavy atom. The first kappa shape index (κ1) is 22.9. The van der Waals surface area contributed by atoms with E-state index in [1.807, 2.05) is 0 Å². The number of pyridine rings is 2. The van der Waals surface area contributed by atoms with Crippen molar-refractivity contribution < 1.29 is 0 Å². The van der Waals surface area contributed by atoms with E-state index in [2.05, 4.69) is 113 Å². The zero-order chi connectivity index (χ0) is 23.4. The molecule has 1 atom stereocenters. The van der Waals surface area contributed by atoms with E-state index in [-0.39, 0.29) is 0 Å². The van der Waals surface area contributed by atoms with Crippen molar-refractivity contribution in [3.05, 3.63) is 107 Å². The number of benzene rings is 2. The molecule has 0 aliphatic heterocycles. The fraction of sp³-hybridized carbons (Fsp3) is 0.290. The van der Waals surface area contributed by atoms with Crippen molar-refractivity contribution in [2.24, 2.45) is 0 Å². The minimum absolute atomic E-state index is 0.368. The van der Waals surface area contributed by atoms with E-state index in [0.29, 0.717) is 11.8 Å². The maximum Gasteiger partial charge on any atom is 0.0739 e. The van der Waals surface area contributed by atoms with E-state index in [1.54, 1.807) is 0 Å². The van der Waals surface area contributed by atoms with Gasteiger partial charge < -0.3 is 0 Å². The Balaban J connectivity index is 1.60. The van der Waals surface area contributed by atoms with Gasteiger partial charge in [-0.1, -0.05) is 94.4 Å². The zero-order valence-electron chi connectivity index (χ0n) is 20.5. The second-order valence-electron chi connectivity index (χ2n) is 9.31. The summed E-state index contributed by atoms with van der Waals surface area (Å²) in [7, 11) is 0. The summed E-state index contributed by atoms with van der Waals surface area (Å²) >= 11 is 0. The second kappa shape index (κ2) is 10.1. The fourth-order valence-electron chi connectivity index (χ4n) is 4.46. The standard InChI is InChI=1S/C31H34N2/c1-6-27-17-19-28(21(2)3)30(33-27)26-15-13-24(14-16-26)20-22(4)29-18-12-23(5)32-31(29)25-10-8-7-9-11-25/h7-19,21-22H,6,20H2,1-5H3. The summed E-state index contributed by atoms with van der Waals surface area (Å²) in [6.07, 6.45) is 1.93. The minimum atomic E-state index is 0.368. The van der Waals surface area contributed by atoms with Crippen LogP contribution in [0.4, 0.5) is 0 Å². The number of hydrogen-bond donors (Lipinski definition) is 0. The van der Waals surface area contributed by atoms with Gasteiger partial charge in [0.25, 0.3) is 0 Å². The third-order valence-electron chi connectivity index (χ3n) is 6.38. The van der Waals surface area contributed by atoms with Gasteiger partial charge in [-0.2, -0.15) is 0 Å². The van der Waals surface area contributed by atoms with E-state index in [0.717, 1.165) is 35.6 Å². The molecule has 0 saturated carbocycles. The van der Waals surface area contributed by atoms with Crippen LogP contribution < -0.4 is 0 Å². The molecule has 0 amide bonds. The van der Waals surface area contributed by atoms with Gasteiger partial charge in [0.05, 0.1) is 11.4 Å². The van der Waals surface area contributed by atoms with Crippen molar-refractivity contribution in [1.29, 1.82) is 0 Å². The summed E-state index contributed by atoms with van der Waals surface area (Å²) in [4.78, 5) is 9.86. The Labute approximate surface area is 198 Å². The molecule has 0 N–H and O–H groups in total. The molecule has 2 nitrogen and oxygen atoms in total. The average molecular weight is 435 g/mol. The van der Waals surface area contributed by atoms with Gasteiger partial charge in [0.15, 0.2) is 0 Å². The molecule has 168 valence electrons.